The molecule has 0 saturated carbocycles. The van der Waals surface area contributed by atoms with Gasteiger partial charge >= 0.3 is 0 Å². The number of thioether (sulfide) groups is 1. The van der Waals surface area contributed by atoms with Crippen molar-refractivity contribution in [3.05, 3.63) is 48.0 Å². The number of benzene rings is 2. The second-order valence-corrected chi connectivity index (χ2v) is 6.01. The summed E-state index contributed by atoms with van der Waals surface area (Å²) in [5.74, 6) is 0.614. The quantitative estimate of drug-likeness (QED) is 0.709. The molecule has 5 heteroatoms. The molecule has 0 aliphatic carbocycles. The van der Waals surface area contributed by atoms with Gasteiger partial charge in [-0.05, 0) is 34.1 Å². The van der Waals surface area contributed by atoms with Crippen LogP contribution in [0.3, 0.4) is 0 Å². The van der Waals surface area contributed by atoms with Gasteiger partial charge in [-0.15, -0.1) is 11.8 Å². The monoisotopic (exact) mass is 301 g/mol. The van der Waals surface area contributed by atoms with Crippen LogP contribution in [-0.4, -0.2) is 10.6 Å². The highest BCUT2D eigenvalue weighted by atomic mass is 32.2. The molecule has 0 bridgehead atoms. The van der Waals surface area contributed by atoms with Gasteiger partial charge in [0.25, 0.3) is 0 Å². The molecular weight excluding hydrogens is 286 g/mol. The summed E-state index contributed by atoms with van der Waals surface area (Å²) in [4.78, 5) is 1.04. The van der Waals surface area contributed by atoms with Crippen LogP contribution in [0.5, 0.6) is 0 Å². The van der Waals surface area contributed by atoms with Crippen molar-refractivity contribution in [3.8, 4) is 0 Å². The maximum Gasteiger partial charge on any atom is 0.153 e. The average Bonchev–Trinajstić information content (AvgIpc) is 2.85. The van der Waals surface area contributed by atoms with E-state index in [1.165, 1.54) is 27.9 Å². The van der Waals surface area contributed by atoms with Gasteiger partial charge < -0.3 is 11.1 Å². The molecule has 3 rings (SSSR count). The highest BCUT2D eigenvalue weighted by Crippen LogP contribution is 2.35. The Labute approximate surface area is 126 Å². The summed E-state index contributed by atoms with van der Waals surface area (Å²) in [5.41, 5.74) is 7.13. The molecule has 0 radical (unpaired) electrons. The van der Waals surface area contributed by atoms with Gasteiger partial charge in [-0.3, -0.25) is 0 Å². The van der Waals surface area contributed by atoms with Crippen LogP contribution >= 0.6 is 23.3 Å². The van der Waals surface area contributed by atoms with Gasteiger partial charge in [0.2, 0.25) is 0 Å². The molecule has 0 amide bonds. The number of fused-ring (bicyclic) bond motifs is 1. The minimum atomic E-state index is 0.614. The van der Waals surface area contributed by atoms with Crippen LogP contribution < -0.4 is 11.1 Å². The topological polar surface area (TPSA) is 50.9 Å². The summed E-state index contributed by atoms with van der Waals surface area (Å²) < 4.78 is 4.20. The van der Waals surface area contributed by atoms with Crippen molar-refractivity contribution < 1.29 is 0 Å². The summed E-state index contributed by atoms with van der Waals surface area (Å²) >= 11 is 3.05. The molecule has 0 aliphatic rings. The maximum atomic E-state index is 5.85. The van der Waals surface area contributed by atoms with Crippen molar-refractivity contribution in [3.63, 3.8) is 0 Å². The minimum absolute atomic E-state index is 0.614. The van der Waals surface area contributed by atoms with Crippen LogP contribution in [0, 0.1) is 0 Å². The third-order valence-electron chi connectivity index (χ3n) is 3.20. The van der Waals surface area contributed by atoms with E-state index < -0.39 is 0 Å². The van der Waals surface area contributed by atoms with Crippen LogP contribution in [0.1, 0.15) is 5.56 Å². The van der Waals surface area contributed by atoms with Crippen molar-refractivity contribution >= 4 is 44.9 Å². The van der Waals surface area contributed by atoms with Gasteiger partial charge in [0.05, 0.1) is 4.90 Å². The normalized spacial score (nSPS) is 10.8. The lowest BCUT2D eigenvalue weighted by atomic mass is 10.0. The molecule has 3 N–H and O–H groups in total. The SMILES string of the molecule is CSc1c(N)nsc1NCc1cccc2ccccc12. The van der Waals surface area contributed by atoms with Crippen molar-refractivity contribution in [2.75, 3.05) is 17.3 Å². The molecular formula is C15H15N3S2. The zero-order valence-electron chi connectivity index (χ0n) is 11.1. The molecule has 0 aliphatic heterocycles. The molecule has 102 valence electrons. The van der Waals surface area contributed by atoms with Crippen LogP contribution in [0.25, 0.3) is 10.8 Å². The molecule has 0 unspecified atom stereocenters. The number of hydrogen-bond donors (Lipinski definition) is 2. The predicted octanol–water partition coefficient (Wildman–Crippen LogP) is 4.21. The Bertz CT molecular complexity index is 732. The largest absolute Gasteiger partial charge is 0.382 e. The van der Waals surface area contributed by atoms with E-state index in [1.807, 2.05) is 6.26 Å². The molecule has 1 heterocycles. The molecule has 3 nitrogen and oxygen atoms in total. The summed E-state index contributed by atoms with van der Waals surface area (Å²) in [6, 6.07) is 14.8. The predicted molar refractivity (Wildman–Crippen MR) is 89.6 cm³/mol. The van der Waals surface area contributed by atoms with Gasteiger partial charge in [-0.1, -0.05) is 42.5 Å². The molecule has 3 aromatic rings. The van der Waals surface area contributed by atoms with Crippen molar-refractivity contribution in [1.82, 2.24) is 4.37 Å². The van der Waals surface area contributed by atoms with E-state index in [1.54, 1.807) is 11.8 Å². The lowest BCUT2D eigenvalue weighted by Crippen LogP contribution is -1.99. The number of nitrogen functional groups attached to an aromatic ring is 1. The van der Waals surface area contributed by atoms with E-state index in [0.29, 0.717) is 5.82 Å². The van der Waals surface area contributed by atoms with E-state index in [0.717, 1.165) is 16.4 Å². The molecule has 2 aromatic carbocycles. The Hall–Kier alpha value is -1.72. The lowest BCUT2D eigenvalue weighted by Gasteiger charge is -2.08. The number of hydrogen-bond acceptors (Lipinski definition) is 5. The highest BCUT2D eigenvalue weighted by molar-refractivity contribution is 7.99. The smallest absolute Gasteiger partial charge is 0.153 e. The third kappa shape index (κ3) is 2.46. The summed E-state index contributed by atoms with van der Waals surface area (Å²) in [7, 11) is 0. The second-order valence-electron chi connectivity index (χ2n) is 4.42. The average molecular weight is 301 g/mol. The van der Waals surface area contributed by atoms with E-state index >= 15 is 0 Å². The third-order valence-corrected chi connectivity index (χ3v) is 4.97. The molecule has 0 fully saturated rings. The Morgan fingerprint density at radius 1 is 1.20 bits per heavy atom. The van der Waals surface area contributed by atoms with Crippen molar-refractivity contribution in [1.29, 1.82) is 0 Å². The van der Waals surface area contributed by atoms with E-state index in [4.69, 9.17) is 5.73 Å². The van der Waals surface area contributed by atoms with Crippen molar-refractivity contribution in [2.24, 2.45) is 0 Å². The highest BCUT2D eigenvalue weighted by Gasteiger charge is 2.10. The van der Waals surface area contributed by atoms with Gasteiger partial charge in [0, 0.05) is 6.54 Å². The zero-order valence-corrected chi connectivity index (χ0v) is 12.7. The zero-order chi connectivity index (χ0) is 13.9. The fourth-order valence-corrected chi connectivity index (χ4v) is 3.76. The Kier molecular flexibility index (Phi) is 3.80. The van der Waals surface area contributed by atoms with Crippen molar-refractivity contribution in [2.45, 2.75) is 11.4 Å². The number of nitrogens with two attached hydrogens (primary N) is 1. The summed E-state index contributed by atoms with van der Waals surface area (Å²) in [6.45, 7) is 0.774. The number of anilines is 2. The van der Waals surface area contributed by atoms with E-state index in [2.05, 4.69) is 52.2 Å². The van der Waals surface area contributed by atoms with Crippen LogP contribution in [0.4, 0.5) is 10.8 Å². The number of aromatic nitrogens is 1. The maximum absolute atomic E-state index is 5.85. The fourth-order valence-electron chi connectivity index (χ4n) is 2.23. The summed E-state index contributed by atoms with van der Waals surface area (Å²) in [5, 5.41) is 7.04. The first-order chi connectivity index (χ1) is 9.79. The van der Waals surface area contributed by atoms with Gasteiger partial charge in [-0.25, -0.2) is 0 Å². The number of rotatable bonds is 4. The van der Waals surface area contributed by atoms with E-state index in [9.17, 15) is 0 Å². The Morgan fingerprint density at radius 2 is 2.00 bits per heavy atom. The number of nitrogens with one attached hydrogen (secondary N) is 1. The first-order valence-corrected chi connectivity index (χ1v) is 8.29. The first kappa shape index (κ1) is 13.3. The van der Waals surface area contributed by atoms with Gasteiger partial charge in [0.1, 0.15) is 5.00 Å². The Balaban J connectivity index is 1.87. The van der Waals surface area contributed by atoms with Gasteiger partial charge in [0.15, 0.2) is 5.82 Å². The molecule has 20 heavy (non-hydrogen) atoms. The summed E-state index contributed by atoms with van der Waals surface area (Å²) in [6.07, 6.45) is 2.02. The second kappa shape index (κ2) is 5.73. The molecule has 1 aromatic heterocycles. The lowest BCUT2D eigenvalue weighted by molar-refractivity contribution is 1.17. The van der Waals surface area contributed by atoms with Crippen LogP contribution in [-0.2, 0) is 6.54 Å². The number of nitrogens with zero attached hydrogens (tertiary/aromatic N) is 1. The molecule has 0 spiro atoms. The standard InChI is InChI=1S/C15H15N3S2/c1-19-13-14(16)18-20-15(13)17-9-11-7-4-6-10-5-2-3-8-12(10)11/h2-8,17H,9H2,1H3,(H2,16,18). The Morgan fingerprint density at radius 3 is 2.85 bits per heavy atom. The van der Waals surface area contributed by atoms with E-state index in [-0.39, 0.29) is 0 Å². The molecule has 0 saturated heterocycles. The first-order valence-electron chi connectivity index (χ1n) is 6.29. The van der Waals surface area contributed by atoms with Crippen LogP contribution in [0.15, 0.2) is 47.4 Å². The fraction of sp³-hybridized carbons (Fsp3) is 0.133. The minimum Gasteiger partial charge on any atom is -0.382 e. The van der Waals surface area contributed by atoms with Crippen LogP contribution in [0.2, 0.25) is 0 Å². The van der Waals surface area contributed by atoms with Gasteiger partial charge in [-0.2, -0.15) is 4.37 Å². The molecule has 0 atom stereocenters.